The lowest BCUT2D eigenvalue weighted by molar-refractivity contribution is 0.0525. The Hall–Kier alpha value is -0.350. The average Bonchev–Trinajstić information content (AvgIpc) is 2.17. The van der Waals surface area contributed by atoms with E-state index in [0.717, 1.165) is 10.0 Å². The van der Waals surface area contributed by atoms with Crippen LogP contribution < -0.4 is 0 Å². The van der Waals surface area contributed by atoms with Gasteiger partial charge in [0.15, 0.2) is 0 Å². The van der Waals surface area contributed by atoms with E-state index in [1.165, 1.54) is 0 Å². The first-order valence-corrected chi connectivity index (χ1v) is 6.37. The Balaban J connectivity index is 3.12. The first-order valence-electron chi connectivity index (χ1n) is 4.67. The van der Waals surface area contributed by atoms with Crippen molar-refractivity contribution in [3.8, 4) is 0 Å². The van der Waals surface area contributed by atoms with Crippen LogP contribution in [0.2, 0.25) is 0 Å². The molecule has 0 radical (unpaired) electrons. The Labute approximate surface area is 106 Å². The number of ether oxygens (including phenoxy) is 1. The summed E-state index contributed by atoms with van der Waals surface area (Å²) in [6.45, 7) is 4.17. The first kappa shape index (κ1) is 12.7. The van der Waals surface area contributed by atoms with E-state index >= 15 is 0 Å². The summed E-state index contributed by atoms with van der Waals surface area (Å²) in [5.74, 6) is -0.278. The maximum atomic E-state index is 11.7. The first-order chi connectivity index (χ1) is 7.06. The third kappa shape index (κ3) is 3.31. The predicted octanol–water partition coefficient (Wildman–Crippen LogP) is 4.08. The van der Waals surface area contributed by atoms with Crippen LogP contribution in [0.1, 0.15) is 34.6 Å². The van der Waals surface area contributed by atoms with Gasteiger partial charge < -0.3 is 4.74 Å². The normalized spacial score (nSPS) is 12.3. The second-order valence-corrected chi connectivity index (χ2v) is 5.36. The van der Waals surface area contributed by atoms with Gasteiger partial charge in [0.2, 0.25) is 0 Å². The van der Waals surface area contributed by atoms with Crippen molar-refractivity contribution < 1.29 is 9.53 Å². The zero-order chi connectivity index (χ0) is 11.4. The number of carbonyl (C=O) groups is 1. The van der Waals surface area contributed by atoms with Gasteiger partial charge in [-0.05, 0) is 31.5 Å². The fourth-order valence-corrected chi connectivity index (χ4v) is 2.02. The van der Waals surface area contributed by atoms with E-state index in [-0.39, 0.29) is 10.8 Å². The number of halogens is 2. The van der Waals surface area contributed by atoms with Crippen LogP contribution in [0.3, 0.4) is 0 Å². The molecule has 0 heterocycles. The highest BCUT2D eigenvalue weighted by Crippen LogP contribution is 2.28. The quantitative estimate of drug-likeness (QED) is 0.614. The zero-order valence-corrected chi connectivity index (χ0v) is 11.8. The number of alkyl halides is 1. The lowest BCUT2D eigenvalue weighted by Crippen LogP contribution is -2.08. The van der Waals surface area contributed by atoms with Crippen molar-refractivity contribution in [2.75, 3.05) is 6.61 Å². The maximum absolute atomic E-state index is 11.7. The van der Waals surface area contributed by atoms with Gasteiger partial charge in [0.05, 0.1) is 12.2 Å². The van der Waals surface area contributed by atoms with E-state index in [0.29, 0.717) is 12.2 Å². The highest BCUT2D eigenvalue weighted by Gasteiger charge is 2.15. The summed E-state index contributed by atoms with van der Waals surface area (Å²) < 4.78 is 5.87. The van der Waals surface area contributed by atoms with E-state index in [1.54, 1.807) is 13.0 Å². The van der Waals surface area contributed by atoms with E-state index in [4.69, 9.17) is 4.74 Å². The molecule has 0 N–H and O–H groups in total. The van der Waals surface area contributed by atoms with Crippen molar-refractivity contribution in [2.45, 2.75) is 18.7 Å². The molecule has 0 saturated heterocycles. The lowest BCUT2D eigenvalue weighted by Gasteiger charge is -2.10. The molecule has 1 atom stereocenters. The van der Waals surface area contributed by atoms with Crippen LogP contribution in [0.15, 0.2) is 22.7 Å². The summed E-state index contributed by atoms with van der Waals surface area (Å²) in [6.07, 6.45) is 0. The number of carbonyl (C=O) groups excluding carboxylic acids is 1. The number of rotatable bonds is 3. The van der Waals surface area contributed by atoms with Crippen molar-refractivity contribution in [3.05, 3.63) is 33.8 Å². The van der Waals surface area contributed by atoms with Gasteiger partial charge in [-0.25, -0.2) is 4.79 Å². The van der Waals surface area contributed by atoms with Crippen LogP contribution in [0.25, 0.3) is 0 Å². The molecule has 15 heavy (non-hydrogen) atoms. The Morgan fingerprint density at radius 2 is 2.20 bits per heavy atom. The molecule has 0 saturated carbocycles. The molecule has 0 spiro atoms. The maximum Gasteiger partial charge on any atom is 0.338 e. The van der Waals surface area contributed by atoms with Gasteiger partial charge in [-0.3, -0.25) is 0 Å². The van der Waals surface area contributed by atoms with Gasteiger partial charge in [0.1, 0.15) is 0 Å². The van der Waals surface area contributed by atoms with E-state index < -0.39 is 0 Å². The molecule has 1 aromatic carbocycles. The Bertz CT molecular complexity index is 362. The van der Waals surface area contributed by atoms with Crippen molar-refractivity contribution >= 4 is 37.8 Å². The van der Waals surface area contributed by atoms with Crippen LogP contribution in [-0.2, 0) is 4.74 Å². The van der Waals surface area contributed by atoms with E-state index in [2.05, 4.69) is 31.9 Å². The topological polar surface area (TPSA) is 26.3 Å². The Kier molecular flexibility index (Phi) is 4.80. The van der Waals surface area contributed by atoms with Gasteiger partial charge >= 0.3 is 5.97 Å². The van der Waals surface area contributed by atoms with Gasteiger partial charge in [-0.15, -0.1) is 0 Å². The summed E-state index contributed by atoms with van der Waals surface area (Å²) in [5.41, 5.74) is 1.55. The molecule has 4 heteroatoms. The second kappa shape index (κ2) is 5.66. The Morgan fingerprint density at radius 3 is 2.73 bits per heavy atom. The van der Waals surface area contributed by atoms with Crippen LogP contribution in [0.5, 0.6) is 0 Å². The van der Waals surface area contributed by atoms with Gasteiger partial charge in [0, 0.05) is 9.30 Å². The third-order valence-electron chi connectivity index (χ3n) is 1.94. The number of hydrogen-bond acceptors (Lipinski definition) is 2. The number of hydrogen-bond donors (Lipinski definition) is 0. The van der Waals surface area contributed by atoms with Gasteiger partial charge in [-0.2, -0.15) is 0 Å². The zero-order valence-electron chi connectivity index (χ0n) is 8.59. The van der Waals surface area contributed by atoms with Crippen molar-refractivity contribution in [3.63, 3.8) is 0 Å². The van der Waals surface area contributed by atoms with Gasteiger partial charge in [-0.1, -0.05) is 37.9 Å². The minimum Gasteiger partial charge on any atom is -0.462 e. The predicted molar refractivity (Wildman–Crippen MR) is 67.4 cm³/mol. The molecule has 1 aromatic rings. The summed E-state index contributed by atoms with van der Waals surface area (Å²) in [4.78, 5) is 11.8. The monoisotopic (exact) mass is 334 g/mol. The highest BCUT2D eigenvalue weighted by atomic mass is 79.9. The number of esters is 1. The van der Waals surface area contributed by atoms with Crippen molar-refractivity contribution in [1.82, 2.24) is 0 Å². The molecule has 0 aromatic heterocycles. The molecule has 0 aliphatic rings. The van der Waals surface area contributed by atoms with E-state index in [1.807, 2.05) is 19.1 Å². The fraction of sp³-hybridized carbons (Fsp3) is 0.364. The minimum absolute atomic E-state index is 0.130. The largest absolute Gasteiger partial charge is 0.462 e. The summed E-state index contributed by atoms with van der Waals surface area (Å²) in [6, 6.07) is 5.61. The van der Waals surface area contributed by atoms with Crippen LogP contribution in [-0.4, -0.2) is 12.6 Å². The lowest BCUT2D eigenvalue weighted by atomic mass is 10.1. The smallest absolute Gasteiger partial charge is 0.338 e. The van der Waals surface area contributed by atoms with Gasteiger partial charge in [0.25, 0.3) is 0 Å². The summed E-state index contributed by atoms with van der Waals surface area (Å²) in [5, 5.41) is 0. The average molecular weight is 336 g/mol. The SMILES string of the molecule is CCOC(=O)c1cc(Br)ccc1C(C)Br. The third-order valence-corrected chi connectivity index (χ3v) is 2.93. The van der Waals surface area contributed by atoms with Crippen LogP contribution in [0, 0.1) is 0 Å². The molecule has 0 fully saturated rings. The molecule has 1 rings (SSSR count). The minimum atomic E-state index is -0.278. The van der Waals surface area contributed by atoms with Crippen molar-refractivity contribution in [1.29, 1.82) is 0 Å². The molecule has 1 unspecified atom stereocenters. The Morgan fingerprint density at radius 1 is 1.53 bits per heavy atom. The van der Waals surface area contributed by atoms with Crippen LogP contribution in [0.4, 0.5) is 0 Å². The van der Waals surface area contributed by atoms with Crippen molar-refractivity contribution in [2.24, 2.45) is 0 Å². The molecule has 82 valence electrons. The number of benzene rings is 1. The fourth-order valence-electron chi connectivity index (χ4n) is 1.26. The van der Waals surface area contributed by atoms with E-state index in [9.17, 15) is 4.79 Å². The molecular weight excluding hydrogens is 324 g/mol. The highest BCUT2D eigenvalue weighted by molar-refractivity contribution is 9.10. The summed E-state index contributed by atoms with van der Waals surface area (Å²) >= 11 is 6.80. The standard InChI is InChI=1S/C11H12Br2O2/c1-3-15-11(14)10-6-8(13)4-5-9(10)7(2)12/h4-7H,3H2,1-2H3. The molecule has 2 nitrogen and oxygen atoms in total. The molecular formula is C11H12Br2O2. The summed E-state index contributed by atoms with van der Waals surface area (Å²) in [7, 11) is 0. The van der Waals surface area contributed by atoms with Crippen LogP contribution >= 0.6 is 31.9 Å². The molecule has 0 amide bonds. The molecule has 0 aliphatic carbocycles. The molecule has 0 bridgehead atoms. The second-order valence-electron chi connectivity index (χ2n) is 3.07. The molecule has 0 aliphatic heterocycles.